The zero-order chi connectivity index (χ0) is 35.3. The number of sulfone groups is 1. The van der Waals surface area contributed by atoms with Crippen molar-refractivity contribution in [3.8, 4) is 45.2 Å². The van der Waals surface area contributed by atoms with E-state index < -0.39 is 20.9 Å². The fourth-order valence-electron chi connectivity index (χ4n) is 7.83. The summed E-state index contributed by atoms with van der Waals surface area (Å²) in [6.45, 7) is 0. The molecule has 0 bridgehead atoms. The molecule has 3 heterocycles. The topological polar surface area (TPSA) is 92.9 Å². The smallest absolute Gasteiger partial charge is 0.263 e. The standard InChI is InChI=1S/C44H25NO5S2/c46-44-35-13-6-5-11-32(35)37-22-30(29-16-19-34-33-12-7-8-14-41(33)52(49,50)42(34)25-29)23-38-36-21-27(17-20-39(36)45(44)43(37)38)28-15-18-31(40(24-28)51(47)48)26-9-3-1-2-4-10-26/h1,3,5-9,11-25H,2H2,(H,47,48). The van der Waals surface area contributed by atoms with Crippen LogP contribution < -0.4 is 5.56 Å². The fraction of sp³-hybridized carbons (Fsp3) is 0.0227. The van der Waals surface area contributed by atoms with Crippen LogP contribution in [-0.2, 0) is 20.9 Å². The lowest BCUT2D eigenvalue weighted by Gasteiger charge is -2.10. The van der Waals surface area contributed by atoms with Gasteiger partial charge < -0.3 is 4.55 Å². The van der Waals surface area contributed by atoms with Crippen molar-refractivity contribution < 1.29 is 17.2 Å². The third-order valence-electron chi connectivity index (χ3n) is 10.2. The van der Waals surface area contributed by atoms with E-state index in [-0.39, 0.29) is 15.4 Å². The van der Waals surface area contributed by atoms with Crippen molar-refractivity contribution in [1.29, 1.82) is 0 Å². The number of pyridine rings is 1. The van der Waals surface area contributed by atoms with Crippen LogP contribution in [0.2, 0.25) is 0 Å². The van der Waals surface area contributed by atoms with E-state index in [1.807, 2.05) is 109 Å². The van der Waals surface area contributed by atoms with E-state index in [0.29, 0.717) is 39.0 Å². The van der Waals surface area contributed by atoms with Crippen LogP contribution in [0.3, 0.4) is 0 Å². The van der Waals surface area contributed by atoms with E-state index in [1.165, 1.54) is 0 Å². The lowest BCUT2D eigenvalue weighted by atomic mass is 9.95. The van der Waals surface area contributed by atoms with Crippen molar-refractivity contribution in [3.63, 3.8) is 0 Å². The molecule has 1 N–H and O–H groups in total. The minimum Gasteiger partial charge on any atom is -0.302 e. The Morgan fingerprint density at radius 2 is 1.31 bits per heavy atom. The first-order valence-electron chi connectivity index (χ1n) is 16.7. The largest absolute Gasteiger partial charge is 0.302 e. The molecule has 6 nitrogen and oxygen atoms in total. The summed E-state index contributed by atoms with van der Waals surface area (Å²) < 4.78 is 52.1. The number of fused-ring (bicyclic) bond motifs is 8. The van der Waals surface area contributed by atoms with E-state index in [9.17, 15) is 22.0 Å². The van der Waals surface area contributed by atoms with Gasteiger partial charge in [0.05, 0.1) is 25.7 Å². The highest BCUT2D eigenvalue weighted by Gasteiger charge is 2.33. The first kappa shape index (κ1) is 30.7. The van der Waals surface area contributed by atoms with Gasteiger partial charge in [-0.2, -0.15) is 0 Å². The Kier molecular flexibility index (Phi) is 6.61. The SMILES string of the molecule is O=c1c2ccccc2c2cc(-c3ccc4c(c3)S(=O)(=O)c3ccccc3-4)cc3c4cc(-c5ccc(C6=CC=CCC#C6)c(S(=O)O)c5)ccc4n1c23. The molecule has 248 valence electrons. The average molecular weight is 712 g/mol. The Morgan fingerprint density at radius 3 is 2.13 bits per heavy atom. The molecule has 2 aliphatic rings. The third kappa shape index (κ3) is 4.37. The van der Waals surface area contributed by atoms with Gasteiger partial charge in [0.15, 0.2) is 11.1 Å². The number of rotatable bonds is 4. The molecule has 0 spiro atoms. The second-order valence-electron chi connectivity index (χ2n) is 13.0. The van der Waals surface area contributed by atoms with E-state index in [4.69, 9.17) is 0 Å². The second-order valence-corrected chi connectivity index (χ2v) is 15.8. The number of benzene rings is 6. The lowest BCUT2D eigenvalue weighted by Crippen LogP contribution is -2.12. The van der Waals surface area contributed by atoms with Crippen LogP contribution in [0.15, 0.2) is 153 Å². The molecule has 1 atom stereocenters. The predicted octanol–water partition coefficient (Wildman–Crippen LogP) is 9.27. The van der Waals surface area contributed by atoms with Crippen LogP contribution in [0.1, 0.15) is 12.0 Å². The minimum atomic E-state index is -3.69. The number of hydrogen-bond donors (Lipinski definition) is 1. The fourth-order valence-corrected chi connectivity index (χ4v) is 10.1. The van der Waals surface area contributed by atoms with Crippen LogP contribution in [0.5, 0.6) is 0 Å². The van der Waals surface area contributed by atoms with Crippen LogP contribution in [0, 0.1) is 11.8 Å². The van der Waals surface area contributed by atoms with Crippen molar-refractivity contribution in [2.45, 2.75) is 21.1 Å². The van der Waals surface area contributed by atoms with Crippen LogP contribution in [0.25, 0.3) is 76.9 Å². The van der Waals surface area contributed by atoms with Gasteiger partial charge in [-0.1, -0.05) is 90.7 Å². The molecule has 8 aromatic rings. The molecule has 1 unspecified atom stereocenters. The monoisotopic (exact) mass is 711 g/mol. The minimum absolute atomic E-state index is 0.126. The number of hydrogen-bond acceptors (Lipinski definition) is 4. The third-order valence-corrected chi connectivity index (χ3v) is 12.8. The van der Waals surface area contributed by atoms with Gasteiger partial charge in [-0.15, -0.1) is 0 Å². The number of nitrogens with zero attached hydrogens (tertiary/aromatic N) is 1. The Balaban J connectivity index is 1.22. The quantitative estimate of drug-likeness (QED) is 0.112. The molecule has 2 aromatic heterocycles. The maximum Gasteiger partial charge on any atom is 0.263 e. The van der Waals surface area contributed by atoms with Crippen molar-refractivity contribution in [2.75, 3.05) is 0 Å². The highest BCUT2D eigenvalue weighted by atomic mass is 32.2. The van der Waals surface area contributed by atoms with E-state index >= 15 is 0 Å². The lowest BCUT2D eigenvalue weighted by molar-refractivity contribution is 0.564. The zero-order valence-electron chi connectivity index (χ0n) is 27.3. The molecule has 1 aliphatic carbocycles. The molecule has 52 heavy (non-hydrogen) atoms. The van der Waals surface area contributed by atoms with Crippen molar-refractivity contribution in [3.05, 3.63) is 149 Å². The Hall–Kier alpha value is -6.11. The van der Waals surface area contributed by atoms with Gasteiger partial charge in [-0.25, -0.2) is 12.6 Å². The van der Waals surface area contributed by atoms with Crippen LogP contribution in [0.4, 0.5) is 0 Å². The normalized spacial score (nSPS) is 15.0. The molecular weight excluding hydrogens is 687 g/mol. The molecule has 0 fully saturated rings. The number of aromatic nitrogens is 1. The van der Waals surface area contributed by atoms with Gasteiger partial charge in [-0.3, -0.25) is 9.20 Å². The Bertz CT molecular complexity index is 3230. The van der Waals surface area contributed by atoms with Gasteiger partial charge in [0.25, 0.3) is 5.56 Å². The van der Waals surface area contributed by atoms with Crippen LogP contribution in [-0.4, -0.2) is 21.6 Å². The van der Waals surface area contributed by atoms with Crippen molar-refractivity contribution in [2.24, 2.45) is 0 Å². The summed E-state index contributed by atoms with van der Waals surface area (Å²) >= 11 is -2.27. The second kappa shape index (κ2) is 11.2. The maximum absolute atomic E-state index is 14.1. The van der Waals surface area contributed by atoms with E-state index in [1.54, 1.807) is 28.7 Å². The molecular formula is C44H25NO5S2. The summed E-state index contributed by atoms with van der Waals surface area (Å²) in [5, 5.41) is 3.94. The molecule has 0 saturated heterocycles. The van der Waals surface area contributed by atoms with Gasteiger partial charge in [0.2, 0.25) is 9.84 Å². The molecule has 1 aliphatic heterocycles. The number of allylic oxidation sites excluding steroid dienone is 4. The molecule has 0 radical (unpaired) electrons. The molecule has 0 amide bonds. The van der Waals surface area contributed by atoms with E-state index in [2.05, 4.69) is 11.8 Å². The summed E-state index contributed by atoms with van der Waals surface area (Å²) in [5.74, 6) is 6.17. The van der Waals surface area contributed by atoms with Crippen molar-refractivity contribution >= 4 is 64.5 Å². The predicted molar refractivity (Wildman–Crippen MR) is 208 cm³/mol. The summed E-state index contributed by atoms with van der Waals surface area (Å²) in [6.07, 6.45) is 6.30. The first-order chi connectivity index (χ1) is 25.3. The van der Waals surface area contributed by atoms with Gasteiger partial charge >= 0.3 is 0 Å². The Labute approximate surface area is 300 Å². The summed E-state index contributed by atoms with van der Waals surface area (Å²) in [7, 11) is -3.69. The van der Waals surface area contributed by atoms with E-state index in [0.717, 1.165) is 54.8 Å². The summed E-state index contributed by atoms with van der Waals surface area (Å²) in [4.78, 5) is 15.0. The molecule has 8 heteroatoms. The molecule has 0 saturated carbocycles. The zero-order valence-corrected chi connectivity index (χ0v) is 28.9. The highest BCUT2D eigenvalue weighted by Crippen LogP contribution is 2.46. The summed E-state index contributed by atoms with van der Waals surface area (Å²) in [5.41, 5.74) is 7.17. The van der Waals surface area contributed by atoms with Gasteiger partial charge in [0, 0.05) is 50.2 Å². The Morgan fingerprint density at radius 1 is 0.654 bits per heavy atom. The average Bonchev–Trinajstić information content (AvgIpc) is 3.43. The molecule has 6 aromatic carbocycles. The van der Waals surface area contributed by atoms with Crippen molar-refractivity contribution in [1.82, 2.24) is 4.40 Å². The highest BCUT2D eigenvalue weighted by molar-refractivity contribution is 7.92. The van der Waals surface area contributed by atoms with Gasteiger partial charge in [0.1, 0.15) is 0 Å². The van der Waals surface area contributed by atoms with Gasteiger partial charge in [-0.05, 0) is 82.2 Å². The molecule has 10 rings (SSSR count). The summed E-state index contributed by atoms with van der Waals surface area (Å²) in [6, 6.07) is 35.6. The first-order valence-corrected chi connectivity index (χ1v) is 19.3. The maximum atomic E-state index is 14.1. The van der Waals surface area contributed by atoms with Crippen LogP contribution >= 0.6 is 0 Å².